The lowest BCUT2D eigenvalue weighted by molar-refractivity contribution is 0.242. The van der Waals surface area contributed by atoms with Crippen LogP contribution in [-0.2, 0) is 4.74 Å². The Morgan fingerprint density at radius 1 is 1.14 bits per heavy atom. The van der Waals surface area contributed by atoms with Crippen LogP contribution in [0.4, 0.5) is 0 Å². The van der Waals surface area contributed by atoms with Crippen LogP contribution in [0.15, 0.2) is 11.6 Å². The molecule has 0 atom stereocenters. The highest BCUT2D eigenvalue weighted by Crippen LogP contribution is 2.45. The standard InChI is InChI=1S/C12H25OP/c1-5-9-10-13-11-12(6-2)14(7-3)8-4/h11H,5-10H2,1-4H3/b12-11-. The number of ether oxygens (including phenoxy) is 1. The fourth-order valence-corrected chi connectivity index (χ4v) is 3.32. The number of allylic oxidation sites excluding steroid dienone is 1. The molecule has 1 nitrogen and oxygen atoms in total. The zero-order valence-corrected chi connectivity index (χ0v) is 11.1. The number of hydrogen-bond donors (Lipinski definition) is 0. The second kappa shape index (κ2) is 9.52. The maximum absolute atomic E-state index is 5.57. The minimum absolute atomic E-state index is 0.0955. The van der Waals surface area contributed by atoms with Crippen LogP contribution >= 0.6 is 7.92 Å². The molecule has 0 aromatic rings. The minimum atomic E-state index is 0.0955. The Balaban J connectivity index is 3.96. The van der Waals surface area contributed by atoms with Crippen LogP contribution in [0.25, 0.3) is 0 Å². The number of rotatable bonds is 8. The van der Waals surface area contributed by atoms with E-state index in [4.69, 9.17) is 4.74 Å². The topological polar surface area (TPSA) is 9.23 Å². The van der Waals surface area contributed by atoms with E-state index in [0.717, 1.165) is 13.0 Å². The summed E-state index contributed by atoms with van der Waals surface area (Å²) in [5.41, 5.74) is 0. The average molecular weight is 216 g/mol. The molecule has 14 heavy (non-hydrogen) atoms. The van der Waals surface area contributed by atoms with Gasteiger partial charge in [0.25, 0.3) is 0 Å². The quantitative estimate of drug-likeness (QED) is 0.328. The van der Waals surface area contributed by atoms with Crippen LogP contribution in [-0.4, -0.2) is 18.9 Å². The van der Waals surface area contributed by atoms with Gasteiger partial charge in [-0.3, -0.25) is 0 Å². The first kappa shape index (κ1) is 14.0. The van der Waals surface area contributed by atoms with E-state index < -0.39 is 0 Å². The summed E-state index contributed by atoms with van der Waals surface area (Å²) in [7, 11) is 0.0955. The first-order valence-corrected chi connectivity index (χ1v) is 7.56. The largest absolute Gasteiger partial charge is 0.501 e. The van der Waals surface area contributed by atoms with Crippen molar-refractivity contribution in [2.24, 2.45) is 0 Å². The Bertz CT molecular complexity index is 150. The maximum atomic E-state index is 5.57. The summed E-state index contributed by atoms with van der Waals surface area (Å²) in [6.45, 7) is 9.88. The second-order valence-corrected chi connectivity index (χ2v) is 6.28. The molecular formula is C12H25OP. The lowest BCUT2D eigenvalue weighted by Gasteiger charge is -2.16. The highest BCUT2D eigenvalue weighted by atomic mass is 31.1. The van der Waals surface area contributed by atoms with Gasteiger partial charge in [0.15, 0.2) is 0 Å². The van der Waals surface area contributed by atoms with Crippen molar-refractivity contribution in [3.05, 3.63) is 11.6 Å². The Hall–Kier alpha value is -0.0300. The predicted octanol–water partition coefficient (Wildman–Crippen LogP) is 4.58. The average Bonchev–Trinajstić information content (AvgIpc) is 2.23. The highest BCUT2D eigenvalue weighted by molar-refractivity contribution is 7.61. The van der Waals surface area contributed by atoms with Crippen LogP contribution in [0.5, 0.6) is 0 Å². The van der Waals surface area contributed by atoms with Crippen molar-refractivity contribution < 1.29 is 4.74 Å². The summed E-state index contributed by atoms with van der Waals surface area (Å²) in [5.74, 6) is 0. The van der Waals surface area contributed by atoms with Crippen LogP contribution in [0.1, 0.15) is 47.0 Å². The molecule has 0 unspecified atom stereocenters. The fourth-order valence-electron chi connectivity index (χ4n) is 1.39. The van der Waals surface area contributed by atoms with E-state index in [1.165, 1.54) is 25.2 Å². The molecule has 2 heteroatoms. The Kier molecular flexibility index (Phi) is 9.50. The molecule has 0 fully saturated rings. The van der Waals surface area contributed by atoms with Crippen molar-refractivity contribution in [3.8, 4) is 0 Å². The molecular weight excluding hydrogens is 191 g/mol. The van der Waals surface area contributed by atoms with Crippen LogP contribution in [0.3, 0.4) is 0 Å². The van der Waals surface area contributed by atoms with Crippen molar-refractivity contribution in [3.63, 3.8) is 0 Å². The SMILES string of the molecule is CCCCO/C=C(/CC)P(CC)CC. The molecule has 0 aliphatic heterocycles. The van der Waals surface area contributed by atoms with Gasteiger partial charge in [0.05, 0.1) is 12.9 Å². The third-order valence-corrected chi connectivity index (χ3v) is 5.13. The van der Waals surface area contributed by atoms with Crippen molar-refractivity contribution in [1.29, 1.82) is 0 Å². The molecule has 0 radical (unpaired) electrons. The molecule has 0 saturated carbocycles. The molecule has 0 heterocycles. The van der Waals surface area contributed by atoms with Gasteiger partial charge >= 0.3 is 0 Å². The Morgan fingerprint density at radius 2 is 1.79 bits per heavy atom. The smallest absolute Gasteiger partial charge is 0.0873 e. The summed E-state index contributed by atoms with van der Waals surface area (Å²) in [5, 5.41) is 1.54. The Labute approximate surface area is 90.7 Å². The lowest BCUT2D eigenvalue weighted by Crippen LogP contribution is -1.91. The van der Waals surface area contributed by atoms with Crippen LogP contribution in [0, 0.1) is 0 Å². The normalized spacial score (nSPS) is 12.2. The van der Waals surface area contributed by atoms with Gasteiger partial charge in [-0.1, -0.05) is 42.0 Å². The molecule has 0 rings (SSSR count). The third-order valence-electron chi connectivity index (χ3n) is 2.37. The van der Waals surface area contributed by atoms with Gasteiger partial charge in [-0.05, 0) is 30.5 Å². The third kappa shape index (κ3) is 5.65. The molecule has 0 spiro atoms. The summed E-state index contributed by atoms with van der Waals surface area (Å²) in [6, 6.07) is 0. The van der Waals surface area contributed by atoms with E-state index >= 15 is 0 Å². The second-order valence-electron chi connectivity index (χ2n) is 3.36. The van der Waals surface area contributed by atoms with Crippen molar-refractivity contribution in [1.82, 2.24) is 0 Å². The van der Waals surface area contributed by atoms with E-state index in [1.807, 2.05) is 6.26 Å². The lowest BCUT2D eigenvalue weighted by atomic mass is 10.4. The molecule has 0 amide bonds. The van der Waals surface area contributed by atoms with Crippen molar-refractivity contribution >= 4 is 7.92 Å². The van der Waals surface area contributed by atoms with E-state index in [0.29, 0.717) is 0 Å². The first-order valence-electron chi connectivity index (χ1n) is 5.85. The monoisotopic (exact) mass is 216 g/mol. The molecule has 84 valence electrons. The Morgan fingerprint density at radius 3 is 2.21 bits per heavy atom. The van der Waals surface area contributed by atoms with Crippen LogP contribution < -0.4 is 0 Å². The number of unbranched alkanes of at least 4 members (excludes halogenated alkanes) is 1. The van der Waals surface area contributed by atoms with Gasteiger partial charge in [-0.2, -0.15) is 0 Å². The van der Waals surface area contributed by atoms with Gasteiger partial charge in [0, 0.05) is 0 Å². The molecule has 0 aliphatic carbocycles. The summed E-state index contributed by atoms with van der Waals surface area (Å²) in [6.07, 6.45) is 8.16. The maximum Gasteiger partial charge on any atom is 0.0873 e. The summed E-state index contributed by atoms with van der Waals surface area (Å²) in [4.78, 5) is 0. The van der Waals surface area contributed by atoms with E-state index in [-0.39, 0.29) is 7.92 Å². The fraction of sp³-hybridized carbons (Fsp3) is 0.833. The van der Waals surface area contributed by atoms with E-state index in [1.54, 1.807) is 5.31 Å². The first-order chi connectivity index (χ1) is 6.79. The van der Waals surface area contributed by atoms with Gasteiger partial charge in [-0.15, -0.1) is 0 Å². The zero-order valence-electron chi connectivity index (χ0n) is 10.2. The summed E-state index contributed by atoms with van der Waals surface area (Å²) < 4.78 is 5.57. The molecule has 0 aliphatic rings. The molecule has 0 aromatic heterocycles. The van der Waals surface area contributed by atoms with Crippen molar-refractivity contribution in [2.75, 3.05) is 18.9 Å². The van der Waals surface area contributed by atoms with Gasteiger partial charge in [-0.25, -0.2) is 0 Å². The molecule has 0 saturated heterocycles. The highest BCUT2D eigenvalue weighted by Gasteiger charge is 2.07. The number of hydrogen-bond acceptors (Lipinski definition) is 1. The van der Waals surface area contributed by atoms with Gasteiger partial charge in [0.2, 0.25) is 0 Å². The molecule has 0 N–H and O–H groups in total. The van der Waals surface area contributed by atoms with Crippen molar-refractivity contribution in [2.45, 2.75) is 47.0 Å². The predicted molar refractivity (Wildman–Crippen MR) is 67.2 cm³/mol. The zero-order chi connectivity index (χ0) is 10.8. The molecule has 0 bridgehead atoms. The van der Waals surface area contributed by atoms with E-state index in [2.05, 4.69) is 27.7 Å². The van der Waals surface area contributed by atoms with E-state index in [9.17, 15) is 0 Å². The summed E-state index contributed by atoms with van der Waals surface area (Å²) >= 11 is 0. The van der Waals surface area contributed by atoms with Gasteiger partial charge in [0.1, 0.15) is 0 Å². The molecule has 0 aromatic carbocycles. The van der Waals surface area contributed by atoms with Crippen LogP contribution in [0.2, 0.25) is 0 Å². The van der Waals surface area contributed by atoms with Gasteiger partial charge < -0.3 is 4.74 Å². The minimum Gasteiger partial charge on any atom is -0.501 e.